The molecule has 1 atom stereocenters. The van der Waals surface area contributed by atoms with Gasteiger partial charge in [-0.25, -0.2) is 9.18 Å². The summed E-state index contributed by atoms with van der Waals surface area (Å²) in [6.07, 6.45) is 0.858. The molecule has 3 aromatic carbocycles. The van der Waals surface area contributed by atoms with Crippen LogP contribution >= 0.6 is 0 Å². The summed E-state index contributed by atoms with van der Waals surface area (Å²) < 4.78 is 23.8. The maximum Gasteiger partial charge on any atom is 0.333 e. The van der Waals surface area contributed by atoms with Gasteiger partial charge in [0.2, 0.25) is 0 Å². The molecule has 0 amide bonds. The van der Waals surface area contributed by atoms with Crippen molar-refractivity contribution >= 4 is 11.7 Å². The highest BCUT2D eigenvalue weighted by Gasteiger charge is 2.16. The molecule has 7 heteroatoms. The van der Waals surface area contributed by atoms with Gasteiger partial charge in [0, 0.05) is 36.6 Å². The largest absolute Gasteiger partial charge is 0.494 e. The van der Waals surface area contributed by atoms with Crippen LogP contribution in [0.3, 0.4) is 0 Å². The first-order valence-corrected chi connectivity index (χ1v) is 11.0. The Morgan fingerprint density at radius 1 is 1.00 bits per heavy atom. The topological polar surface area (TPSA) is 88.4 Å². The van der Waals surface area contributed by atoms with Crippen LogP contribution in [-0.4, -0.2) is 41.8 Å². The van der Waals surface area contributed by atoms with E-state index in [2.05, 4.69) is 17.0 Å². The van der Waals surface area contributed by atoms with E-state index < -0.39 is 12.1 Å². The van der Waals surface area contributed by atoms with E-state index >= 15 is 0 Å². The van der Waals surface area contributed by atoms with E-state index in [0.717, 1.165) is 17.5 Å². The highest BCUT2D eigenvalue weighted by molar-refractivity contribution is 6.12. The van der Waals surface area contributed by atoms with Gasteiger partial charge in [-0.2, -0.15) is 0 Å². The summed E-state index contributed by atoms with van der Waals surface area (Å²) in [7, 11) is 1.38. The van der Waals surface area contributed by atoms with Crippen LogP contribution in [-0.2, 0) is 16.0 Å². The Kier molecular flexibility index (Phi) is 9.40. The molecule has 0 aliphatic heterocycles. The van der Waals surface area contributed by atoms with Gasteiger partial charge < -0.3 is 19.8 Å². The summed E-state index contributed by atoms with van der Waals surface area (Å²) in [6.45, 7) is 0.499. The van der Waals surface area contributed by atoms with Gasteiger partial charge in [-0.05, 0) is 72.6 Å². The Hall–Kier alpha value is -4.15. The van der Waals surface area contributed by atoms with Crippen molar-refractivity contribution in [2.75, 3.05) is 13.7 Å². The number of carbonyl (C=O) groups is 1. The first-order chi connectivity index (χ1) is 17.0. The second kappa shape index (κ2) is 12.9. The minimum absolute atomic E-state index is 0.304. The summed E-state index contributed by atoms with van der Waals surface area (Å²) in [4.78, 5) is 11.1. The molecule has 0 radical (unpaired) electrons. The molecule has 35 heavy (non-hydrogen) atoms. The number of carboxylic acids is 1. The number of benzene rings is 3. The molecule has 0 unspecified atom stereocenters. The summed E-state index contributed by atoms with van der Waals surface area (Å²) in [5.74, 6) is 5.55. The van der Waals surface area contributed by atoms with E-state index in [0.29, 0.717) is 42.0 Å². The Morgan fingerprint density at radius 3 is 2.20 bits per heavy atom. The molecule has 0 aliphatic carbocycles. The normalized spacial score (nSPS) is 11.9. The molecule has 0 heterocycles. The molecule has 3 rings (SSSR count). The highest BCUT2D eigenvalue weighted by atomic mass is 19.1. The lowest BCUT2D eigenvalue weighted by Gasteiger charge is -2.10. The van der Waals surface area contributed by atoms with E-state index in [1.807, 2.05) is 24.3 Å². The van der Waals surface area contributed by atoms with Crippen LogP contribution in [0.15, 0.2) is 78.0 Å². The number of halogens is 1. The van der Waals surface area contributed by atoms with Gasteiger partial charge in [-0.15, -0.1) is 0 Å². The third kappa shape index (κ3) is 7.70. The lowest BCUT2D eigenvalue weighted by molar-refractivity contribution is -0.148. The van der Waals surface area contributed by atoms with Crippen molar-refractivity contribution in [2.45, 2.75) is 25.4 Å². The Balaban J connectivity index is 1.44. The van der Waals surface area contributed by atoms with Gasteiger partial charge >= 0.3 is 5.97 Å². The minimum Gasteiger partial charge on any atom is -0.494 e. The summed E-state index contributed by atoms with van der Waals surface area (Å²) >= 11 is 0. The molecule has 6 nitrogen and oxygen atoms in total. The molecule has 0 saturated heterocycles. The smallest absolute Gasteiger partial charge is 0.333 e. The van der Waals surface area contributed by atoms with Crippen molar-refractivity contribution in [1.82, 2.24) is 0 Å². The number of hydrogen-bond acceptors (Lipinski definition) is 5. The maximum absolute atomic E-state index is 13.1. The fraction of sp³-hybridized carbons (Fsp3) is 0.214. The van der Waals surface area contributed by atoms with Crippen LogP contribution in [0, 0.1) is 17.7 Å². The minimum atomic E-state index is -0.983. The molecule has 0 aliphatic rings. The average Bonchev–Trinajstić information content (AvgIpc) is 2.87. The fourth-order valence-electron chi connectivity index (χ4n) is 3.32. The van der Waals surface area contributed by atoms with Gasteiger partial charge in [0.1, 0.15) is 17.3 Å². The fourth-order valence-corrected chi connectivity index (χ4v) is 3.32. The van der Waals surface area contributed by atoms with Crippen molar-refractivity contribution in [2.24, 2.45) is 5.16 Å². The first kappa shape index (κ1) is 25.5. The summed E-state index contributed by atoms with van der Waals surface area (Å²) in [5.41, 5.74) is 3.37. The lowest BCUT2D eigenvalue weighted by atomic mass is 10.0. The number of aliphatic carboxylic acids is 1. The molecule has 180 valence electrons. The quantitative estimate of drug-likeness (QED) is 0.143. The molecule has 0 fully saturated rings. The number of hydrogen-bond donors (Lipinski definition) is 2. The molecule has 3 aromatic rings. The van der Waals surface area contributed by atoms with E-state index in [-0.39, 0.29) is 5.82 Å². The van der Waals surface area contributed by atoms with Gasteiger partial charge in [0.05, 0.1) is 6.61 Å². The predicted molar refractivity (Wildman–Crippen MR) is 130 cm³/mol. The van der Waals surface area contributed by atoms with Crippen LogP contribution in [0.2, 0.25) is 0 Å². The maximum atomic E-state index is 13.1. The molecule has 0 saturated carbocycles. The number of methoxy groups -OCH3 is 1. The highest BCUT2D eigenvalue weighted by Crippen LogP contribution is 2.17. The number of rotatable bonds is 10. The zero-order valence-corrected chi connectivity index (χ0v) is 19.3. The van der Waals surface area contributed by atoms with Gasteiger partial charge in [0.25, 0.3) is 0 Å². The molecule has 2 N–H and O–H groups in total. The SMILES string of the molecule is CO[C@@H](Cc1ccc(C#CCCCOc2ccc(/C(=N\O)c3ccc(F)cc3)cc2)cc1)C(=O)O. The van der Waals surface area contributed by atoms with Crippen LogP contribution in [0.25, 0.3) is 0 Å². The van der Waals surface area contributed by atoms with Gasteiger partial charge in [0.15, 0.2) is 6.10 Å². The van der Waals surface area contributed by atoms with Gasteiger partial charge in [-0.3, -0.25) is 0 Å². The van der Waals surface area contributed by atoms with Crippen LogP contribution in [0.5, 0.6) is 5.75 Å². The van der Waals surface area contributed by atoms with Crippen molar-refractivity contribution in [1.29, 1.82) is 0 Å². The van der Waals surface area contributed by atoms with E-state index in [9.17, 15) is 14.4 Å². The first-order valence-electron chi connectivity index (χ1n) is 11.0. The number of oxime groups is 1. The molecular formula is C28H26FNO5. The molecule has 0 bridgehead atoms. The number of ether oxygens (including phenoxy) is 2. The number of nitrogens with zero attached hydrogens (tertiary/aromatic N) is 1. The Labute approximate surface area is 203 Å². The Morgan fingerprint density at radius 2 is 1.63 bits per heavy atom. The predicted octanol–water partition coefficient (Wildman–Crippen LogP) is 4.91. The summed E-state index contributed by atoms with van der Waals surface area (Å²) in [6, 6.07) is 20.3. The van der Waals surface area contributed by atoms with Gasteiger partial charge in [-0.1, -0.05) is 29.1 Å². The number of unbranched alkanes of at least 4 members (excludes halogenated alkanes) is 1. The van der Waals surface area contributed by atoms with Crippen LogP contribution in [0.1, 0.15) is 35.1 Å². The van der Waals surface area contributed by atoms with Crippen molar-refractivity contribution in [3.8, 4) is 17.6 Å². The number of carboxylic acid groups (broad SMARTS) is 1. The second-order valence-corrected chi connectivity index (χ2v) is 7.70. The summed E-state index contributed by atoms with van der Waals surface area (Å²) in [5, 5.41) is 21.8. The van der Waals surface area contributed by atoms with E-state index in [1.165, 1.54) is 19.2 Å². The van der Waals surface area contributed by atoms with E-state index in [1.54, 1.807) is 36.4 Å². The zero-order valence-electron chi connectivity index (χ0n) is 19.3. The molecular weight excluding hydrogens is 449 g/mol. The standard InChI is InChI=1S/C28H26FNO5/c1-34-26(28(31)32)19-21-8-6-20(7-9-21)5-3-2-4-18-35-25-16-12-23(13-17-25)27(30-33)22-10-14-24(29)15-11-22/h6-17,26,33H,2,4,18-19H2,1H3,(H,31,32)/b30-27-/t26-/m0/s1. The van der Waals surface area contributed by atoms with E-state index in [4.69, 9.17) is 14.6 Å². The van der Waals surface area contributed by atoms with Crippen molar-refractivity contribution < 1.29 is 29.0 Å². The third-order valence-corrected chi connectivity index (χ3v) is 5.23. The van der Waals surface area contributed by atoms with Crippen LogP contribution in [0.4, 0.5) is 4.39 Å². The molecule has 0 aromatic heterocycles. The van der Waals surface area contributed by atoms with Crippen molar-refractivity contribution in [3.05, 3.63) is 101 Å². The second-order valence-electron chi connectivity index (χ2n) is 7.70. The average molecular weight is 476 g/mol. The molecule has 0 spiro atoms. The Bertz CT molecular complexity index is 1190. The monoisotopic (exact) mass is 475 g/mol. The third-order valence-electron chi connectivity index (χ3n) is 5.23. The van der Waals surface area contributed by atoms with Crippen LogP contribution < -0.4 is 4.74 Å². The lowest BCUT2D eigenvalue weighted by Crippen LogP contribution is -2.24. The van der Waals surface area contributed by atoms with Crippen molar-refractivity contribution in [3.63, 3.8) is 0 Å². The zero-order chi connectivity index (χ0) is 25.0.